The molecule has 1 aromatic heterocycles. The Bertz CT molecular complexity index is 326. The van der Waals surface area contributed by atoms with Crippen LogP contribution in [0.3, 0.4) is 0 Å². The summed E-state index contributed by atoms with van der Waals surface area (Å²) in [4.78, 5) is 8.65. The molecule has 0 saturated carbocycles. The van der Waals surface area contributed by atoms with Gasteiger partial charge in [-0.2, -0.15) is 0 Å². The van der Waals surface area contributed by atoms with E-state index >= 15 is 0 Å². The summed E-state index contributed by atoms with van der Waals surface area (Å²) in [6.45, 7) is 5.53. The summed E-state index contributed by atoms with van der Waals surface area (Å²) < 4.78 is 0. The fourth-order valence-corrected chi connectivity index (χ4v) is 2.65. The lowest BCUT2D eigenvalue weighted by molar-refractivity contribution is 0.456. The van der Waals surface area contributed by atoms with Gasteiger partial charge >= 0.3 is 0 Å². The Hall–Kier alpha value is -0.960. The highest BCUT2D eigenvalue weighted by Crippen LogP contribution is 2.18. The monoisotopic (exact) mass is 291 g/mol. The third kappa shape index (κ3) is 8.82. The Labute approximate surface area is 131 Å². The van der Waals surface area contributed by atoms with E-state index in [1.54, 1.807) is 12.4 Å². The summed E-state index contributed by atoms with van der Waals surface area (Å²) in [6, 6.07) is 0.374. The first-order chi connectivity index (χ1) is 10.4. The Kier molecular flexibility index (Phi) is 11.0. The molecule has 1 atom stereocenters. The fourth-order valence-electron chi connectivity index (χ4n) is 2.65. The number of hydrogen-bond donors (Lipinski definition) is 1. The van der Waals surface area contributed by atoms with E-state index in [4.69, 9.17) is 0 Å². The minimum Gasteiger partial charge on any atom is -0.309 e. The molecule has 0 aliphatic heterocycles. The molecule has 1 unspecified atom stereocenters. The first kappa shape index (κ1) is 18.1. The minimum atomic E-state index is 0.374. The number of nitrogens with zero attached hydrogens (tertiary/aromatic N) is 2. The Morgan fingerprint density at radius 1 is 0.905 bits per heavy atom. The van der Waals surface area contributed by atoms with Gasteiger partial charge in [0.05, 0.1) is 11.7 Å². The van der Waals surface area contributed by atoms with E-state index < -0.39 is 0 Å². The summed E-state index contributed by atoms with van der Waals surface area (Å²) in [6.07, 6.45) is 18.7. The van der Waals surface area contributed by atoms with Crippen molar-refractivity contribution in [1.82, 2.24) is 15.3 Å². The SMILES string of the molecule is CCCCCCCCCCC(NCCC)c1cnccn1. The normalized spacial score (nSPS) is 12.5. The van der Waals surface area contributed by atoms with Crippen molar-refractivity contribution in [1.29, 1.82) is 0 Å². The fraction of sp³-hybridized carbons (Fsp3) is 0.778. The van der Waals surface area contributed by atoms with Gasteiger partial charge < -0.3 is 5.32 Å². The van der Waals surface area contributed by atoms with Gasteiger partial charge in [-0.25, -0.2) is 0 Å². The lowest BCUT2D eigenvalue weighted by atomic mass is 10.0. The largest absolute Gasteiger partial charge is 0.309 e. The van der Waals surface area contributed by atoms with E-state index in [1.807, 2.05) is 6.20 Å². The third-order valence-electron chi connectivity index (χ3n) is 3.93. The number of hydrogen-bond acceptors (Lipinski definition) is 3. The van der Waals surface area contributed by atoms with Gasteiger partial charge in [-0.1, -0.05) is 65.2 Å². The summed E-state index contributed by atoms with van der Waals surface area (Å²) in [5, 5.41) is 3.60. The molecule has 120 valence electrons. The van der Waals surface area contributed by atoms with E-state index in [1.165, 1.54) is 57.8 Å². The minimum absolute atomic E-state index is 0.374. The van der Waals surface area contributed by atoms with Gasteiger partial charge in [-0.05, 0) is 19.4 Å². The third-order valence-corrected chi connectivity index (χ3v) is 3.93. The Morgan fingerprint density at radius 2 is 1.62 bits per heavy atom. The molecule has 21 heavy (non-hydrogen) atoms. The topological polar surface area (TPSA) is 37.8 Å². The maximum Gasteiger partial charge on any atom is 0.0756 e. The van der Waals surface area contributed by atoms with Gasteiger partial charge in [-0.3, -0.25) is 9.97 Å². The van der Waals surface area contributed by atoms with Gasteiger partial charge in [0.2, 0.25) is 0 Å². The van der Waals surface area contributed by atoms with Crippen LogP contribution in [0, 0.1) is 0 Å². The zero-order chi connectivity index (χ0) is 15.2. The molecule has 0 aliphatic rings. The zero-order valence-corrected chi connectivity index (χ0v) is 14.0. The van der Waals surface area contributed by atoms with Crippen LogP contribution in [0.25, 0.3) is 0 Å². The van der Waals surface area contributed by atoms with E-state index in [0.29, 0.717) is 6.04 Å². The maximum absolute atomic E-state index is 4.46. The van der Waals surface area contributed by atoms with Gasteiger partial charge in [0.15, 0.2) is 0 Å². The quantitative estimate of drug-likeness (QED) is 0.517. The molecular formula is C18H33N3. The number of aromatic nitrogens is 2. The summed E-state index contributed by atoms with van der Waals surface area (Å²) >= 11 is 0. The molecule has 1 aromatic rings. The average molecular weight is 291 g/mol. The van der Waals surface area contributed by atoms with Crippen LogP contribution in [0.5, 0.6) is 0 Å². The summed E-state index contributed by atoms with van der Waals surface area (Å²) in [7, 11) is 0. The standard InChI is InChI=1S/C18H33N3/c1-3-5-6-7-8-9-10-11-12-17(20-13-4-2)18-16-19-14-15-21-18/h14-17,20H,3-13H2,1-2H3. The number of unbranched alkanes of at least 4 members (excludes halogenated alkanes) is 7. The van der Waals surface area contributed by atoms with Crippen LogP contribution in [0.4, 0.5) is 0 Å². The van der Waals surface area contributed by atoms with E-state index in [0.717, 1.165) is 18.7 Å². The van der Waals surface area contributed by atoms with Crippen molar-refractivity contribution >= 4 is 0 Å². The Balaban J connectivity index is 2.18. The lowest BCUT2D eigenvalue weighted by Crippen LogP contribution is -2.23. The molecule has 1 N–H and O–H groups in total. The van der Waals surface area contributed by atoms with Crippen LogP contribution >= 0.6 is 0 Å². The van der Waals surface area contributed by atoms with Gasteiger partial charge in [-0.15, -0.1) is 0 Å². The van der Waals surface area contributed by atoms with Crippen LogP contribution < -0.4 is 5.32 Å². The molecule has 0 spiro atoms. The molecule has 0 radical (unpaired) electrons. The molecule has 3 heteroatoms. The first-order valence-electron chi connectivity index (χ1n) is 8.87. The highest BCUT2D eigenvalue weighted by atomic mass is 14.9. The molecule has 1 heterocycles. The molecule has 0 aromatic carbocycles. The number of nitrogens with one attached hydrogen (secondary N) is 1. The van der Waals surface area contributed by atoms with Crippen molar-refractivity contribution in [3.05, 3.63) is 24.3 Å². The van der Waals surface area contributed by atoms with Crippen molar-refractivity contribution in [3.63, 3.8) is 0 Å². The van der Waals surface area contributed by atoms with Gasteiger partial charge in [0, 0.05) is 18.6 Å². The molecule has 0 saturated heterocycles. The second-order valence-electron chi connectivity index (χ2n) is 5.90. The summed E-state index contributed by atoms with van der Waals surface area (Å²) in [5.74, 6) is 0. The molecular weight excluding hydrogens is 258 g/mol. The van der Waals surface area contributed by atoms with E-state index in [-0.39, 0.29) is 0 Å². The highest BCUT2D eigenvalue weighted by Gasteiger charge is 2.11. The second kappa shape index (κ2) is 12.8. The first-order valence-corrected chi connectivity index (χ1v) is 8.87. The van der Waals surface area contributed by atoms with Crippen LogP contribution in [-0.4, -0.2) is 16.5 Å². The molecule has 3 nitrogen and oxygen atoms in total. The highest BCUT2D eigenvalue weighted by molar-refractivity contribution is 5.01. The van der Waals surface area contributed by atoms with E-state index in [9.17, 15) is 0 Å². The van der Waals surface area contributed by atoms with Gasteiger partial charge in [0.1, 0.15) is 0 Å². The van der Waals surface area contributed by atoms with Crippen LogP contribution in [0.15, 0.2) is 18.6 Å². The van der Waals surface area contributed by atoms with E-state index in [2.05, 4.69) is 29.1 Å². The average Bonchev–Trinajstić information content (AvgIpc) is 2.53. The Morgan fingerprint density at radius 3 is 2.24 bits per heavy atom. The molecule has 0 amide bonds. The van der Waals surface area contributed by atoms with Gasteiger partial charge in [0.25, 0.3) is 0 Å². The van der Waals surface area contributed by atoms with Crippen molar-refractivity contribution in [2.45, 2.75) is 84.1 Å². The van der Waals surface area contributed by atoms with Crippen LogP contribution in [0.1, 0.15) is 89.8 Å². The molecule has 0 aliphatic carbocycles. The maximum atomic E-state index is 4.46. The molecule has 1 rings (SSSR count). The lowest BCUT2D eigenvalue weighted by Gasteiger charge is -2.17. The van der Waals surface area contributed by atoms with Crippen LogP contribution in [0.2, 0.25) is 0 Å². The molecule has 0 bridgehead atoms. The smallest absolute Gasteiger partial charge is 0.0756 e. The molecule has 0 fully saturated rings. The predicted octanol–water partition coefficient (Wildman–Crippen LogP) is 5.05. The number of rotatable bonds is 13. The summed E-state index contributed by atoms with van der Waals surface area (Å²) in [5.41, 5.74) is 1.09. The van der Waals surface area contributed by atoms with Crippen molar-refractivity contribution < 1.29 is 0 Å². The van der Waals surface area contributed by atoms with Crippen LogP contribution in [-0.2, 0) is 0 Å². The predicted molar refractivity (Wildman–Crippen MR) is 90.3 cm³/mol. The van der Waals surface area contributed by atoms with Crippen molar-refractivity contribution in [2.24, 2.45) is 0 Å². The van der Waals surface area contributed by atoms with Crippen molar-refractivity contribution in [2.75, 3.05) is 6.54 Å². The second-order valence-corrected chi connectivity index (χ2v) is 5.90. The van der Waals surface area contributed by atoms with Crippen molar-refractivity contribution in [3.8, 4) is 0 Å². The zero-order valence-electron chi connectivity index (χ0n) is 14.0.